The molecule has 0 radical (unpaired) electrons. The van der Waals surface area contributed by atoms with E-state index in [0.29, 0.717) is 17.9 Å². The van der Waals surface area contributed by atoms with E-state index in [0.717, 1.165) is 3.57 Å². The van der Waals surface area contributed by atoms with Crippen molar-refractivity contribution in [2.24, 2.45) is 7.05 Å². The van der Waals surface area contributed by atoms with Gasteiger partial charge in [-0.15, -0.1) is 0 Å². The lowest BCUT2D eigenvalue weighted by molar-refractivity contribution is -0.386. The lowest BCUT2D eigenvalue weighted by Crippen LogP contribution is -1.98. The van der Waals surface area contributed by atoms with Crippen LogP contribution >= 0.6 is 22.6 Å². The van der Waals surface area contributed by atoms with E-state index >= 15 is 0 Å². The summed E-state index contributed by atoms with van der Waals surface area (Å²) in [5.74, 6) is 0.739. The number of para-hydroxylation sites is 1. The Bertz CT molecular complexity index is 625. The average molecular weight is 373 g/mol. The molecule has 0 saturated heterocycles. The molecule has 0 N–H and O–H groups in total. The Morgan fingerprint density at radius 1 is 1.47 bits per heavy atom. The number of benzene rings is 1. The van der Waals surface area contributed by atoms with Crippen molar-refractivity contribution in [3.05, 3.63) is 43.6 Å². The molecule has 0 saturated carbocycles. The summed E-state index contributed by atoms with van der Waals surface area (Å²) >= 11 is 2.12. The van der Waals surface area contributed by atoms with E-state index in [1.165, 1.54) is 4.68 Å². The molecule has 19 heavy (non-hydrogen) atoms. The molecule has 0 amide bonds. The SMILES string of the molecule is CCc1nn(C)c(Oc2ccccc2I)c1[N+](=O)[O-]. The van der Waals surface area contributed by atoms with E-state index in [9.17, 15) is 10.1 Å². The van der Waals surface area contributed by atoms with Crippen LogP contribution in [0, 0.1) is 13.7 Å². The van der Waals surface area contributed by atoms with E-state index in [2.05, 4.69) is 27.7 Å². The highest BCUT2D eigenvalue weighted by Gasteiger charge is 2.27. The van der Waals surface area contributed by atoms with Gasteiger partial charge in [0.2, 0.25) is 0 Å². The fourth-order valence-electron chi connectivity index (χ4n) is 1.72. The number of hydrogen-bond acceptors (Lipinski definition) is 4. The molecule has 2 rings (SSSR count). The second kappa shape index (κ2) is 5.55. The van der Waals surface area contributed by atoms with Crippen LogP contribution in [0.1, 0.15) is 12.6 Å². The third-order valence-corrected chi connectivity index (χ3v) is 3.49. The molecule has 0 aliphatic rings. The molecular weight excluding hydrogens is 361 g/mol. The molecule has 0 bridgehead atoms. The van der Waals surface area contributed by atoms with Crippen molar-refractivity contribution in [1.82, 2.24) is 9.78 Å². The lowest BCUT2D eigenvalue weighted by atomic mass is 10.3. The van der Waals surface area contributed by atoms with Gasteiger partial charge in [-0.05, 0) is 41.1 Å². The van der Waals surface area contributed by atoms with E-state index in [1.54, 1.807) is 13.1 Å². The van der Waals surface area contributed by atoms with Gasteiger partial charge in [-0.1, -0.05) is 19.1 Å². The standard InChI is InChI=1S/C12H12IN3O3/c1-3-9-11(16(17)18)12(15(2)14-9)19-10-7-5-4-6-8(10)13/h4-7H,3H2,1-2H3. The molecule has 0 aliphatic heterocycles. The largest absolute Gasteiger partial charge is 0.433 e. The Balaban J connectivity index is 2.48. The summed E-state index contributed by atoms with van der Waals surface area (Å²) in [4.78, 5) is 10.7. The van der Waals surface area contributed by atoms with Crippen LogP contribution in [0.25, 0.3) is 0 Å². The summed E-state index contributed by atoms with van der Waals surface area (Å²) in [5.41, 5.74) is 0.359. The zero-order valence-corrected chi connectivity index (χ0v) is 12.6. The third-order valence-electron chi connectivity index (χ3n) is 2.60. The Labute approximate surface area is 123 Å². The molecule has 100 valence electrons. The first-order chi connectivity index (χ1) is 9.04. The van der Waals surface area contributed by atoms with Gasteiger partial charge in [-0.3, -0.25) is 10.1 Å². The molecule has 1 aromatic heterocycles. The smallest absolute Gasteiger partial charge is 0.353 e. The van der Waals surface area contributed by atoms with Crippen molar-refractivity contribution in [3.63, 3.8) is 0 Å². The van der Waals surface area contributed by atoms with Crippen LogP contribution in [0.15, 0.2) is 24.3 Å². The highest BCUT2D eigenvalue weighted by Crippen LogP contribution is 2.35. The van der Waals surface area contributed by atoms with Gasteiger partial charge in [0.1, 0.15) is 11.4 Å². The fourth-order valence-corrected chi connectivity index (χ4v) is 2.22. The van der Waals surface area contributed by atoms with Crippen LogP contribution in [0.4, 0.5) is 5.69 Å². The summed E-state index contributed by atoms with van der Waals surface area (Å²) in [5, 5.41) is 15.3. The third kappa shape index (κ3) is 2.70. The second-order valence-electron chi connectivity index (χ2n) is 3.87. The van der Waals surface area contributed by atoms with E-state index in [-0.39, 0.29) is 11.6 Å². The van der Waals surface area contributed by atoms with Gasteiger partial charge in [-0.25, -0.2) is 4.68 Å². The minimum atomic E-state index is -0.447. The Morgan fingerprint density at radius 2 is 2.16 bits per heavy atom. The van der Waals surface area contributed by atoms with E-state index in [1.807, 2.05) is 25.1 Å². The number of nitro groups is 1. The molecule has 7 heteroatoms. The van der Waals surface area contributed by atoms with Crippen LogP contribution in [0.2, 0.25) is 0 Å². The first-order valence-electron chi connectivity index (χ1n) is 5.67. The van der Waals surface area contributed by atoms with Crippen molar-refractivity contribution in [1.29, 1.82) is 0 Å². The number of ether oxygens (including phenoxy) is 1. The molecule has 0 atom stereocenters. The van der Waals surface area contributed by atoms with Crippen LogP contribution in [-0.2, 0) is 13.5 Å². The second-order valence-corrected chi connectivity index (χ2v) is 5.03. The number of aromatic nitrogens is 2. The molecule has 0 aliphatic carbocycles. The van der Waals surface area contributed by atoms with Crippen molar-refractivity contribution in [3.8, 4) is 11.6 Å². The summed E-state index contributed by atoms with van der Waals surface area (Å²) in [7, 11) is 1.64. The number of rotatable bonds is 4. The van der Waals surface area contributed by atoms with Gasteiger partial charge in [0.25, 0.3) is 5.88 Å². The van der Waals surface area contributed by atoms with E-state index in [4.69, 9.17) is 4.74 Å². The Kier molecular flexibility index (Phi) is 4.03. The number of aryl methyl sites for hydroxylation is 2. The lowest BCUT2D eigenvalue weighted by Gasteiger charge is -2.06. The van der Waals surface area contributed by atoms with Crippen molar-refractivity contribution in [2.45, 2.75) is 13.3 Å². The maximum Gasteiger partial charge on any atom is 0.353 e. The van der Waals surface area contributed by atoms with Crippen LogP contribution in [0.3, 0.4) is 0 Å². The zero-order valence-electron chi connectivity index (χ0n) is 10.5. The number of halogens is 1. The quantitative estimate of drug-likeness (QED) is 0.469. The maximum absolute atomic E-state index is 11.2. The van der Waals surface area contributed by atoms with Gasteiger partial charge < -0.3 is 4.74 Å². The fraction of sp³-hybridized carbons (Fsp3) is 0.250. The first-order valence-corrected chi connectivity index (χ1v) is 6.75. The van der Waals surface area contributed by atoms with Gasteiger partial charge in [0, 0.05) is 7.05 Å². The summed E-state index contributed by atoms with van der Waals surface area (Å²) in [6.45, 7) is 1.82. The average Bonchev–Trinajstić information content (AvgIpc) is 2.69. The highest BCUT2D eigenvalue weighted by atomic mass is 127. The Hall–Kier alpha value is -1.64. The predicted octanol–water partition coefficient (Wildman–Crippen LogP) is 3.29. The minimum absolute atomic E-state index is 0.0651. The number of nitrogens with zero attached hydrogens (tertiary/aromatic N) is 3. The molecule has 2 aromatic rings. The Morgan fingerprint density at radius 3 is 2.74 bits per heavy atom. The molecule has 0 unspecified atom stereocenters. The molecule has 1 heterocycles. The molecule has 6 nitrogen and oxygen atoms in total. The predicted molar refractivity (Wildman–Crippen MR) is 78.5 cm³/mol. The molecule has 1 aromatic carbocycles. The first kappa shape index (κ1) is 13.8. The van der Waals surface area contributed by atoms with Gasteiger partial charge in [0.15, 0.2) is 0 Å². The molecule has 0 fully saturated rings. The van der Waals surface area contributed by atoms with Crippen LogP contribution in [-0.4, -0.2) is 14.7 Å². The van der Waals surface area contributed by atoms with Crippen molar-refractivity contribution < 1.29 is 9.66 Å². The molecule has 0 spiro atoms. The van der Waals surface area contributed by atoms with Crippen LogP contribution < -0.4 is 4.74 Å². The maximum atomic E-state index is 11.2. The number of hydrogen-bond donors (Lipinski definition) is 0. The van der Waals surface area contributed by atoms with Crippen molar-refractivity contribution in [2.75, 3.05) is 0 Å². The van der Waals surface area contributed by atoms with Crippen molar-refractivity contribution >= 4 is 28.3 Å². The monoisotopic (exact) mass is 373 g/mol. The topological polar surface area (TPSA) is 70.2 Å². The van der Waals surface area contributed by atoms with E-state index < -0.39 is 4.92 Å². The van der Waals surface area contributed by atoms with Gasteiger partial charge in [0.05, 0.1) is 8.49 Å². The summed E-state index contributed by atoms with van der Waals surface area (Å²) < 4.78 is 7.95. The highest BCUT2D eigenvalue weighted by molar-refractivity contribution is 14.1. The summed E-state index contributed by atoms with van der Waals surface area (Å²) in [6, 6.07) is 7.34. The van der Waals surface area contributed by atoms with Gasteiger partial charge in [-0.2, -0.15) is 5.10 Å². The normalized spacial score (nSPS) is 10.5. The molecular formula is C12H12IN3O3. The van der Waals surface area contributed by atoms with Gasteiger partial charge >= 0.3 is 5.69 Å². The van der Waals surface area contributed by atoms with Crippen LogP contribution in [0.5, 0.6) is 11.6 Å². The zero-order chi connectivity index (χ0) is 14.0. The minimum Gasteiger partial charge on any atom is -0.433 e. The summed E-state index contributed by atoms with van der Waals surface area (Å²) in [6.07, 6.45) is 0.486.